The molecule has 17 heavy (non-hydrogen) atoms. The molecular formula is C13H14O3S. The summed E-state index contributed by atoms with van der Waals surface area (Å²) in [4.78, 5) is -0.0223. The predicted octanol–water partition coefficient (Wildman–Crippen LogP) is 2.68. The van der Waals surface area contributed by atoms with Crippen molar-refractivity contribution in [3.63, 3.8) is 0 Å². The minimum atomic E-state index is -4.08. The molecule has 1 aromatic carbocycles. The molecule has 1 aliphatic rings. The van der Waals surface area contributed by atoms with Crippen LogP contribution in [0.2, 0.25) is 0 Å². The first-order valence-corrected chi connectivity index (χ1v) is 6.78. The van der Waals surface area contributed by atoms with Gasteiger partial charge in [-0.2, -0.15) is 8.42 Å². The second-order valence-corrected chi connectivity index (χ2v) is 5.82. The van der Waals surface area contributed by atoms with Gasteiger partial charge in [0.2, 0.25) is 0 Å². The Bertz CT molecular complexity index is 570. The number of benzene rings is 1. The molecule has 0 heterocycles. The van der Waals surface area contributed by atoms with Crippen molar-refractivity contribution in [1.82, 2.24) is 0 Å². The zero-order chi connectivity index (χ0) is 12.5. The fourth-order valence-corrected chi connectivity index (χ4v) is 2.47. The van der Waals surface area contributed by atoms with Gasteiger partial charge in [-0.1, -0.05) is 49.4 Å². The van der Waals surface area contributed by atoms with Crippen molar-refractivity contribution in [2.24, 2.45) is 0 Å². The molecule has 0 aromatic heterocycles. The topological polar surface area (TPSA) is 54.4 Å². The molecule has 0 fully saturated rings. The fraction of sp³-hybridized carbons (Fsp3) is 0.231. The lowest BCUT2D eigenvalue weighted by atomic mass is 9.77. The molecule has 0 amide bonds. The number of rotatable bonds is 2. The average Bonchev–Trinajstić information content (AvgIpc) is 2.29. The molecule has 1 atom stereocenters. The third-order valence-electron chi connectivity index (χ3n) is 3.07. The van der Waals surface area contributed by atoms with Crippen LogP contribution in [0.25, 0.3) is 0 Å². The summed E-state index contributed by atoms with van der Waals surface area (Å²) in [6.07, 6.45) is 5.40. The van der Waals surface area contributed by atoms with E-state index in [-0.39, 0.29) is 10.3 Å². The third-order valence-corrected chi connectivity index (χ3v) is 3.97. The molecule has 2 rings (SSSR count). The first-order chi connectivity index (χ1) is 7.92. The van der Waals surface area contributed by atoms with E-state index < -0.39 is 10.1 Å². The molecule has 0 spiro atoms. The van der Waals surface area contributed by atoms with Gasteiger partial charge in [-0.25, -0.2) is 0 Å². The van der Waals surface area contributed by atoms with Crippen LogP contribution >= 0.6 is 0 Å². The minimum absolute atomic E-state index is 0.0223. The second-order valence-electron chi connectivity index (χ2n) is 4.40. The summed E-state index contributed by atoms with van der Waals surface area (Å²) in [6.45, 7) is 2.04. The van der Waals surface area contributed by atoms with Crippen LogP contribution in [0.3, 0.4) is 0 Å². The van der Waals surface area contributed by atoms with Crippen molar-refractivity contribution in [2.75, 3.05) is 0 Å². The lowest BCUT2D eigenvalue weighted by Gasteiger charge is -2.28. The molecule has 3 nitrogen and oxygen atoms in total. The van der Waals surface area contributed by atoms with Crippen molar-refractivity contribution in [1.29, 1.82) is 0 Å². The van der Waals surface area contributed by atoms with Gasteiger partial charge in [0.1, 0.15) is 0 Å². The Labute approximate surface area is 101 Å². The maximum absolute atomic E-state index is 11.0. The van der Waals surface area contributed by atoms with E-state index in [2.05, 4.69) is 0 Å². The highest BCUT2D eigenvalue weighted by Crippen LogP contribution is 2.34. The number of hydrogen-bond donors (Lipinski definition) is 1. The molecule has 1 N–H and O–H groups in total. The Morgan fingerprint density at radius 3 is 2.35 bits per heavy atom. The Balaban J connectivity index is 2.31. The molecule has 4 heteroatoms. The molecule has 0 saturated carbocycles. The van der Waals surface area contributed by atoms with Crippen LogP contribution in [0.15, 0.2) is 53.5 Å². The summed E-state index contributed by atoms with van der Waals surface area (Å²) in [6, 6.07) is 9.87. The zero-order valence-corrected chi connectivity index (χ0v) is 10.3. The maximum Gasteiger partial charge on any atom is 0.294 e. The molecule has 1 aromatic rings. The highest BCUT2D eigenvalue weighted by atomic mass is 32.2. The first kappa shape index (κ1) is 12.1. The second kappa shape index (κ2) is 4.13. The van der Waals surface area contributed by atoms with E-state index in [0.29, 0.717) is 6.42 Å². The highest BCUT2D eigenvalue weighted by molar-refractivity contribution is 7.90. The van der Waals surface area contributed by atoms with Crippen LogP contribution in [0, 0.1) is 0 Å². The molecule has 90 valence electrons. The van der Waals surface area contributed by atoms with Crippen molar-refractivity contribution in [3.05, 3.63) is 59.0 Å². The van der Waals surface area contributed by atoms with Gasteiger partial charge in [-0.3, -0.25) is 4.55 Å². The number of allylic oxidation sites excluding steroid dienone is 3. The molecule has 1 unspecified atom stereocenters. The normalized spacial score (nSPS) is 24.5. The summed E-state index contributed by atoms with van der Waals surface area (Å²) < 4.78 is 30.9. The summed E-state index contributed by atoms with van der Waals surface area (Å²) in [5.74, 6) is 0. The van der Waals surface area contributed by atoms with Gasteiger partial charge in [0.15, 0.2) is 0 Å². The summed E-state index contributed by atoms with van der Waals surface area (Å²) >= 11 is 0. The van der Waals surface area contributed by atoms with E-state index in [4.69, 9.17) is 4.55 Å². The summed E-state index contributed by atoms with van der Waals surface area (Å²) in [5, 5.41) is 0. The fourth-order valence-electron chi connectivity index (χ4n) is 1.94. The molecule has 0 radical (unpaired) electrons. The largest absolute Gasteiger partial charge is 0.294 e. The van der Waals surface area contributed by atoms with Crippen molar-refractivity contribution in [3.8, 4) is 0 Å². The van der Waals surface area contributed by atoms with Gasteiger partial charge in [-0.15, -0.1) is 0 Å². The van der Waals surface area contributed by atoms with Gasteiger partial charge < -0.3 is 0 Å². The predicted molar refractivity (Wildman–Crippen MR) is 67.2 cm³/mol. The quantitative estimate of drug-likeness (QED) is 0.821. The van der Waals surface area contributed by atoms with Gasteiger partial charge in [0.05, 0.1) is 4.91 Å². The molecule has 0 bridgehead atoms. The maximum atomic E-state index is 11.0. The lowest BCUT2D eigenvalue weighted by molar-refractivity contribution is 0.490. The lowest BCUT2D eigenvalue weighted by Crippen LogP contribution is -2.21. The minimum Gasteiger partial charge on any atom is -0.282 e. The van der Waals surface area contributed by atoms with Crippen LogP contribution in [0.1, 0.15) is 18.9 Å². The SMILES string of the molecule is CC1(c2ccccc2)C=CC(S(=O)(=O)O)=CC1. The van der Waals surface area contributed by atoms with E-state index in [9.17, 15) is 8.42 Å². The Morgan fingerprint density at radius 1 is 1.24 bits per heavy atom. The standard InChI is InChI=1S/C13H14O3S/c1-13(11-5-3-2-4-6-11)9-7-12(8-10-13)17(14,15)16/h2-9H,10H2,1H3,(H,14,15,16). The van der Waals surface area contributed by atoms with E-state index in [1.54, 1.807) is 6.08 Å². The van der Waals surface area contributed by atoms with Crippen LogP contribution in [0.5, 0.6) is 0 Å². The van der Waals surface area contributed by atoms with E-state index >= 15 is 0 Å². The van der Waals surface area contributed by atoms with Gasteiger partial charge >= 0.3 is 0 Å². The van der Waals surface area contributed by atoms with Gasteiger partial charge in [0.25, 0.3) is 10.1 Å². The summed E-state index contributed by atoms with van der Waals surface area (Å²) in [7, 11) is -4.08. The van der Waals surface area contributed by atoms with E-state index in [0.717, 1.165) is 5.56 Å². The Kier molecular flexibility index (Phi) is 2.93. The smallest absolute Gasteiger partial charge is 0.282 e. The zero-order valence-electron chi connectivity index (χ0n) is 9.50. The molecule has 1 aliphatic carbocycles. The van der Waals surface area contributed by atoms with Crippen LogP contribution < -0.4 is 0 Å². The van der Waals surface area contributed by atoms with Crippen molar-refractivity contribution in [2.45, 2.75) is 18.8 Å². The molecule has 0 aliphatic heterocycles. The van der Waals surface area contributed by atoms with Gasteiger partial charge in [-0.05, 0) is 18.1 Å². The van der Waals surface area contributed by atoms with Gasteiger partial charge in [0, 0.05) is 5.41 Å². The third kappa shape index (κ3) is 2.48. The average molecular weight is 250 g/mol. The van der Waals surface area contributed by atoms with Crippen LogP contribution in [-0.2, 0) is 15.5 Å². The van der Waals surface area contributed by atoms with E-state index in [1.165, 1.54) is 6.08 Å². The Morgan fingerprint density at radius 2 is 1.88 bits per heavy atom. The molecular weight excluding hydrogens is 236 g/mol. The highest BCUT2D eigenvalue weighted by Gasteiger charge is 2.27. The first-order valence-electron chi connectivity index (χ1n) is 5.34. The number of hydrogen-bond acceptors (Lipinski definition) is 2. The Hall–Kier alpha value is -1.39. The van der Waals surface area contributed by atoms with Crippen molar-refractivity contribution >= 4 is 10.1 Å². The summed E-state index contributed by atoms with van der Waals surface area (Å²) in [5.41, 5.74) is 0.914. The molecule has 0 saturated heterocycles. The monoisotopic (exact) mass is 250 g/mol. The van der Waals surface area contributed by atoms with Crippen LogP contribution in [0.4, 0.5) is 0 Å². The van der Waals surface area contributed by atoms with E-state index in [1.807, 2.05) is 43.3 Å². The van der Waals surface area contributed by atoms with Crippen LogP contribution in [-0.4, -0.2) is 13.0 Å². The van der Waals surface area contributed by atoms with Crippen molar-refractivity contribution < 1.29 is 13.0 Å².